The number of nitrogens with zero attached hydrogens (tertiary/aromatic N) is 3. The number of aromatic nitrogens is 1. The zero-order chi connectivity index (χ0) is 22.6. The van der Waals surface area contributed by atoms with E-state index in [0.29, 0.717) is 18.7 Å². The first kappa shape index (κ1) is 18.8. The molecule has 0 spiro atoms. The average molecular weight is 508 g/mol. The van der Waals surface area contributed by atoms with Crippen LogP contribution in [0.15, 0.2) is 66.2 Å². The van der Waals surface area contributed by atoms with Crippen molar-refractivity contribution >= 4 is 80.1 Å². The van der Waals surface area contributed by atoms with Crippen LogP contribution in [-0.2, 0) is 9.59 Å². The molecule has 2 amide bonds. The Labute approximate surface area is 200 Å². The van der Waals surface area contributed by atoms with Crippen molar-refractivity contribution in [1.29, 1.82) is 0 Å². The van der Waals surface area contributed by atoms with E-state index in [9.17, 15) is 9.59 Å². The second kappa shape index (κ2) is 6.50. The average Bonchev–Trinajstić information content (AvgIpc) is 3.52. The Morgan fingerprint density at radius 2 is 1.53 bits per heavy atom. The first-order valence-corrected chi connectivity index (χ1v) is 13.4. The maximum atomic E-state index is 13.0. The first-order chi connectivity index (χ1) is 16.7. The van der Waals surface area contributed by atoms with Gasteiger partial charge in [0.1, 0.15) is 0 Å². The van der Waals surface area contributed by atoms with E-state index in [1.165, 1.54) is 47.7 Å². The van der Waals surface area contributed by atoms with E-state index >= 15 is 0 Å². The van der Waals surface area contributed by atoms with Gasteiger partial charge in [0.15, 0.2) is 0 Å². The Hall–Kier alpha value is -3.60. The number of amides is 2. The molecule has 0 atom stereocenters. The van der Waals surface area contributed by atoms with Crippen LogP contribution in [0, 0.1) is 0 Å². The Balaban J connectivity index is 1.46. The van der Waals surface area contributed by atoms with Gasteiger partial charge in [-0.3, -0.25) is 0 Å². The summed E-state index contributed by atoms with van der Waals surface area (Å²) in [5, 5.41) is 10.8. The van der Waals surface area contributed by atoms with Gasteiger partial charge >= 0.3 is 201 Å². The predicted octanol–water partition coefficient (Wildman–Crippen LogP) is 4.81. The second-order valence-electron chi connectivity index (χ2n) is 9.21. The number of hydrazine groups is 1. The number of pyridine rings is 1. The summed E-state index contributed by atoms with van der Waals surface area (Å²) in [5.74, 6) is -0.295. The Morgan fingerprint density at radius 3 is 2.35 bits per heavy atom. The molecule has 8 rings (SSSR count). The molecule has 2 aliphatic rings. The predicted molar refractivity (Wildman–Crippen MR) is 136 cm³/mol. The molecule has 3 aromatic carbocycles. The number of carbonyl (C=O) groups excluding carboxylic acids is 2. The molecule has 5 nitrogen and oxygen atoms in total. The van der Waals surface area contributed by atoms with Crippen LogP contribution in [-0.4, -0.2) is 53.8 Å². The zero-order valence-electron chi connectivity index (χ0n) is 18.2. The molecule has 0 radical (unpaired) electrons. The number of para-hydroxylation sites is 1. The van der Waals surface area contributed by atoms with Gasteiger partial charge in [-0.2, -0.15) is 0 Å². The molecule has 6 aromatic rings. The van der Waals surface area contributed by atoms with Gasteiger partial charge in [0.2, 0.25) is 0 Å². The monoisotopic (exact) mass is 509 g/mol. The molecule has 0 saturated carbocycles. The van der Waals surface area contributed by atoms with Crippen molar-refractivity contribution in [2.24, 2.45) is 0 Å². The summed E-state index contributed by atoms with van der Waals surface area (Å²) in [7, 11) is 0. The van der Waals surface area contributed by atoms with E-state index in [1.54, 1.807) is 10.0 Å². The van der Waals surface area contributed by atoms with Gasteiger partial charge in [-0.15, -0.1) is 0 Å². The molecule has 2 fully saturated rings. The third-order valence-electron chi connectivity index (χ3n) is 7.40. The summed E-state index contributed by atoms with van der Waals surface area (Å²) < 4.78 is 4.79. The van der Waals surface area contributed by atoms with Crippen LogP contribution in [0.2, 0.25) is 0 Å². The molecule has 34 heavy (non-hydrogen) atoms. The second-order valence-corrected chi connectivity index (χ2v) is 11.4. The standard InChI is InChI=1S/C28H19N3O2Se/c32-26-22(27(33)30-13-4-3-12-29(26)30)15-17-14-21-19-8-5-6-16-10-11-20-18-7-1-2-9-23(18)31(28(21)34-17)25(20)24(16)19/h1-2,5-11,14-15H,3-4,12-13H2. The van der Waals surface area contributed by atoms with E-state index < -0.39 is 0 Å². The summed E-state index contributed by atoms with van der Waals surface area (Å²) in [4.78, 5) is 26.1. The van der Waals surface area contributed by atoms with Gasteiger partial charge in [0, 0.05) is 0 Å². The van der Waals surface area contributed by atoms with Crippen LogP contribution >= 0.6 is 0 Å². The molecule has 5 heterocycles. The van der Waals surface area contributed by atoms with Gasteiger partial charge in [-0.1, -0.05) is 0 Å². The molecule has 2 aliphatic heterocycles. The number of benzene rings is 3. The van der Waals surface area contributed by atoms with Gasteiger partial charge in [0.05, 0.1) is 0 Å². The van der Waals surface area contributed by atoms with Gasteiger partial charge < -0.3 is 0 Å². The molecule has 6 heteroatoms. The fourth-order valence-corrected chi connectivity index (χ4v) is 8.30. The quantitative estimate of drug-likeness (QED) is 0.182. The van der Waals surface area contributed by atoms with E-state index in [-0.39, 0.29) is 26.3 Å². The van der Waals surface area contributed by atoms with Gasteiger partial charge in [0.25, 0.3) is 0 Å². The minimum atomic E-state index is -0.148. The SMILES string of the molecule is O=C1C(=Cc2cc3c4cccc5ccc6c7ccccc7n(c3[se]2)c6c54)C(=O)N2CCCCN12. The molecular weight excluding hydrogens is 489 g/mol. The van der Waals surface area contributed by atoms with Crippen LogP contribution in [0.25, 0.3) is 53.8 Å². The Morgan fingerprint density at radius 1 is 0.765 bits per heavy atom. The van der Waals surface area contributed by atoms with Crippen LogP contribution in [0.5, 0.6) is 0 Å². The van der Waals surface area contributed by atoms with Crippen molar-refractivity contribution in [3.63, 3.8) is 0 Å². The van der Waals surface area contributed by atoms with Crippen LogP contribution < -0.4 is 0 Å². The first-order valence-electron chi connectivity index (χ1n) is 11.7. The number of carbonyl (C=O) groups is 2. The van der Waals surface area contributed by atoms with E-state index in [1.807, 2.05) is 6.08 Å². The summed E-state index contributed by atoms with van der Waals surface area (Å²) in [5.41, 5.74) is 2.80. The van der Waals surface area contributed by atoms with Crippen LogP contribution in [0.1, 0.15) is 17.3 Å². The normalized spacial score (nSPS) is 16.9. The number of fused-ring (bicyclic) bond motifs is 7. The van der Waals surface area contributed by atoms with Crippen molar-refractivity contribution in [1.82, 2.24) is 14.4 Å². The van der Waals surface area contributed by atoms with Crippen LogP contribution in [0.4, 0.5) is 0 Å². The number of hydrogen-bond acceptors (Lipinski definition) is 2. The zero-order valence-corrected chi connectivity index (χ0v) is 20.0. The summed E-state index contributed by atoms with van der Waals surface area (Å²) in [6.07, 6.45) is 3.77. The molecule has 0 aliphatic carbocycles. The molecule has 0 unspecified atom stereocenters. The molecule has 2 saturated heterocycles. The van der Waals surface area contributed by atoms with E-state index in [4.69, 9.17) is 0 Å². The van der Waals surface area contributed by atoms with Gasteiger partial charge in [-0.25, -0.2) is 0 Å². The third-order valence-corrected chi connectivity index (χ3v) is 9.64. The van der Waals surface area contributed by atoms with Crippen molar-refractivity contribution in [3.05, 3.63) is 70.7 Å². The fourth-order valence-electron chi connectivity index (χ4n) is 5.91. The van der Waals surface area contributed by atoms with Crippen LogP contribution in [0.3, 0.4) is 0 Å². The summed E-state index contributed by atoms with van der Waals surface area (Å²) >= 11 is -0.0221. The van der Waals surface area contributed by atoms with E-state index in [2.05, 4.69) is 65.1 Å². The Kier molecular flexibility index (Phi) is 3.59. The summed E-state index contributed by atoms with van der Waals surface area (Å²) in [6, 6.07) is 21.8. The molecule has 3 aromatic heterocycles. The van der Waals surface area contributed by atoms with Crippen molar-refractivity contribution in [3.8, 4) is 0 Å². The van der Waals surface area contributed by atoms with E-state index in [0.717, 1.165) is 17.3 Å². The number of rotatable bonds is 1. The third kappa shape index (κ3) is 2.25. The van der Waals surface area contributed by atoms with Crippen molar-refractivity contribution < 1.29 is 9.59 Å². The van der Waals surface area contributed by atoms with Crippen molar-refractivity contribution in [2.45, 2.75) is 12.8 Å². The topological polar surface area (TPSA) is 45.0 Å². The molecule has 0 bridgehead atoms. The molecular formula is C28H19N3O2Se. The molecule has 0 N–H and O–H groups in total. The maximum absolute atomic E-state index is 13.0. The minimum absolute atomic E-state index is 0.0221. The van der Waals surface area contributed by atoms with Crippen molar-refractivity contribution in [2.75, 3.05) is 13.1 Å². The van der Waals surface area contributed by atoms with Gasteiger partial charge in [-0.05, 0) is 0 Å². The summed E-state index contributed by atoms with van der Waals surface area (Å²) in [6.45, 7) is 1.26. The Bertz CT molecular complexity index is 1850. The molecule has 164 valence electrons. The number of hydrogen-bond donors (Lipinski definition) is 0. The fraction of sp³-hybridized carbons (Fsp3) is 0.143.